The summed E-state index contributed by atoms with van der Waals surface area (Å²) in [4.78, 5) is 28.1. The highest BCUT2D eigenvalue weighted by atomic mass is 32.2. The van der Waals surface area contributed by atoms with Crippen molar-refractivity contribution in [1.82, 2.24) is 14.2 Å². The number of carbonyl (C=O) groups is 2. The normalized spacial score (nSPS) is 20.2. The van der Waals surface area contributed by atoms with Crippen LogP contribution in [0.4, 0.5) is 13.2 Å². The number of carboxylic acid groups (broad SMARTS) is 1. The summed E-state index contributed by atoms with van der Waals surface area (Å²) in [5.74, 6) is -2.51. The summed E-state index contributed by atoms with van der Waals surface area (Å²) in [6, 6.07) is 21.2. The SMILES string of the molecule is O=C(O)C(F)(F)F.O=C(c1ccccc1)N1CCC2(C1)CN(Cc1ccccn1)S(=O)(=O)c1ccccc1O2. The molecule has 1 amide bonds. The number of halogens is 3. The molecule has 9 nitrogen and oxygen atoms in total. The van der Waals surface area contributed by atoms with Crippen molar-refractivity contribution in [3.05, 3.63) is 90.3 Å². The molecule has 3 heterocycles. The van der Waals surface area contributed by atoms with Crippen LogP contribution in [0.2, 0.25) is 0 Å². The number of carboxylic acids is 1. The Labute approximate surface area is 222 Å². The van der Waals surface area contributed by atoms with E-state index < -0.39 is 27.8 Å². The lowest BCUT2D eigenvalue weighted by Gasteiger charge is -2.31. The summed E-state index contributed by atoms with van der Waals surface area (Å²) in [5.41, 5.74) is 0.427. The number of rotatable bonds is 3. The van der Waals surface area contributed by atoms with Crippen LogP contribution in [0.3, 0.4) is 0 Å². The maximum absolute atomic E-state index is 13.5. The van der Waals surface area contributed by atoms with Gasteiger partial charge in [-0.2, -0.15) is 17.5 Å². The monoisotopic (exact) mass is 563 g/mol. The van der Waals surface area contributed by atoms with E-state index in [0.29, 0.717) is 36.5 Å². The van der Waals surface area contributed by atoms with Gasteiger partial charge < -0.3 is 14.7 Å². The lowest BCUT2D eigenvalue weighted by Crippen LogP contribution is -2.49. The van der Waals surface area contributed by atoms with Crippen LogP contribution in [0.1, 0.15) is 22.5 Å². The molecule has 1 atom stereocenters. The molecule has 2 aliphatic rings. The first-order valence-electron chi connectivity index (χ1n) is 11.7. The Bertz CT molecular complexity index is 1440. The van der Waals surface area contributed by atoms with Crippen LogP contribution in [0.15, 0.2) is 83.9 Å². The number of amides is 1. The Kier molecular flexibility index (Phi) is 7.93. The molecule has 1 unspecified atom stereocenters. The number of fused-ring (bicyclic) bond motifs is 1. The van der Waals surface area contributed by atoms with Crippen LogP contribution in [0.25, 0.3) is 0 Å². The number of pyridine rings is 1. The van der Waals surface area contributed by atoms with E-state index in [0.717, 1.165) is 0 Å². The highest BCUT2D eigenvalue weighted by Gasteiger charge is 2.49. The summed E-state index contributed by atoms with van der Waals surface area (Å²) < 4.78 is 66.6. The molecule has 1 N–H and O–H groups in total. The third-order valence-corrected chi connectivity index (χ3v) is 8.02. The fraction of sp³-hybridized carbons (Fsp3) is 0.269. The van der Waals surface area contributed by atoms with E-state index in [1.165, 1.54) is 4.31 Å². The number of sulfonamides is 1. The van der Waals surface area contributed by atoms with Gasteiger partial charge in [0.05, 0.1) is 25.3 Å². The summed E-state index contributed by atoms with van der Waals surface area (Å²) in [7, 11) is -3.81. The Morgan fingerprint density at radius 2 is 1.62 bits per heavy atom. The van der Waals surface area contributed by atoms with Gasteiger partial charge in [0.1, 0.15) is 16.2 Å². The van der Waals surface area contributed by atoms with Gasteiger partial charge >= 0.3 is 12.1 Å². The maximum atomic E-state index is 13.5. The molecule has 1 spiro atoms. The summed E-state index contributed by atoms with van der Waals surface area (Å²) in [6.45, 7) is 1.07. The molecular weight excluding hydrogens is 539 g/mol. The number of likely N-dealkylation sites (tertiary alicyclic amines) is 1. The number of aliphatic carboxylic acids is 1. The van der Waals surface area contributed by atoms with Gasteiger partial charge in [-0.05, 0) is 36.4 Å². The number of carbonyl (C=O) groups excluding carboxylic acids is 1. The van der Waals surface area contributed by atoms with E-state index in [2.05, 4.69) is 4.98 Å². The molecule has 2 aliphatic heterocycles. The smallest absolute Gasteiger partial charge is 0.483 e. The van der Waals surface area contributed by atoms with Crippen LogP contribution < -0.4 is 4.74 Å². The minimum atomic E-state index is -5.08. The molecule has 2 aromatic carbocycles. The lowest BCUT2D eigenvalue weighted by molar-refractivity contribution is -0.192. The molecule has 1 aromatic heterocycles. The predicted octanol–water partition coefficient (Wildman–Crippen LogP) is 3.58. The van der Waals surface area contributed by atoms with Crippen LogP contribution in [0, 0.1) is 0 Å². The average Bonchev–Trinajstić information content (AvgIpc) is 3.29. The second-order valence-corrected chi connectivity index (χ2v) is 10.9. The molecule has 0 bridgehead atoms. The van der Waals surface area contributed by atoms with Gasteiger partial charge in [-0.3, -0.25) is 9.78 Å². The van der Waals surface area contributed by atoms with Gasteiger partial charge in [-0.1, -0.05) is 36.4 Å². The molecule has 39 heavy (non-hydrogen) atoms. The number of hydrogen-bond acceptors (Lipinski definition) is 6. The lowest BCUT2D eigenvalue weighted by atomic mass is 10.0. The Morgan fingerprint density at radius 3 is 2.26 bits per heavy atom. The zero-order valence-electron chi connectivity index (χ0n) is 20.4. The Hall–Kier alpha value is -3.97. The second kappa shape index (κ2) is 11.0. The van der Waals surface area contributed by atoms with Crippen molar-refractivity contribution in [1.29, 1.82) is 0 Å². The van der Waals surface area contributed by atoms with Crippen molar-refractivity contribution < 1.29 is 41.0 Å². The zero-order chi connectivity index (χ0) is 28.3. The molecule has 0 aliphatic carbocycles. The van der Waals surface area contributed by atoms with Crippen molar-refractivity contribution in [2.45, 2.75) is 29.6 Å². The summed E-state index contributed by atoms with van der Waals surface area (Å²) in [5, 5.41) is 7.12. The molecule has 5 rings (SSSR count). The minimum Gasteiger partial charge on any atom is -0.483 e. The van der Waals surface area contributed by atoms with Crippen LogP contribution in [-0.2, 0) is 21.4 Å². The van der Waals surface area contributed by atoms with E-state index >= 15 is 0 Å². The van der Waals surface area contributed by atoms with Crippen LogP contribution in [-0.4, -0.2) is 71.0 Å². The number of hydrogen-bond donors (Lipinski definition) is 1. The van der Waals surface area contributed by atoms with Crippen molar-refractivity contribution in [3.8, 4) is 5.75 Å². The standard InChI is InChI=1S/C24H23N3O4S.C2HF3O2/c28-23(19-8-2-1-3-9-19)26-15-13-24(17-26)18-27(16-20-10-6-7-14-25-20)32(29,30)22-12-5-4-11-21(22)31-24;3-2(4,5)1(6)7/h1-12,14H,13,15-18H2;(H,6,7). The highest BCUT2D eigenvalue weighted by molar-refractivity contribution is 7.89. The fourth-order valence-electron chi connectivity index (χ4n) is 4.37. The summed E-state index contributed by atoms with van der Waals surface area (Å²) >= 11 is 0. The number of aromatic nitrogens is 1. The van der Waals surface area contributed by atoms with Gasteiger partial charge in [-0.25, -0.2) is 13.2 Å². The molecule has 3 aromatic rings. The largest absolute Gasteiger partial charge is 0.490 e. The summed E-state index contributed by atoms with van der Waals surface area (Å²) in [6.07, 6.45) is -2.90. The number of para-hydroxylation sites is 1. The highest BCUT2D eigenvalue weighted by Crippen LogP contribution is 2.39. The van der Waals surface area contributed by atoms with E-state index in [4.69, 9.17) is 14.6 Å². The third kappa shape index (κ3) is 6.37. The number of ether oxygens (including phenoxy) is 1. The molecular formula is C26H24F3N3O6S. The average molecular weight is 564 g/mol. The van der Waals surface area contributed by atoms with Gasteiger partial charge in [0.2, 0.25) is 10.0 Å². The first-order valence-corrected chi connectivity index (χ1v) is 13.2. The zero-order valence-corrected chi connectivity index (χ0v) is 21.2. The maximum Gasteiger partial charge on any atom is 0.490 e. The van der Waals surface area contributed by atoms with Crippen molar-refractivity contribution >= 4 is 21.9 Å². The van der Waals surface area contributed by atoms with Crippen molar-refractivity contribution in [3.63, 3.8) is 0 Å². The third-order valence-electron chi connectivity index (χ3n) is 6.19. The minimum absolute atomic E-state index is 0.0808. The second-order valence-electron chi connectivity index (χ2n) is 8.97. The Balaban J connectivity index is 0.000000448. The van der Waals surface area contributed by atoms with E-state index in [1.807, 2.05) is 24.3 Å². The topological polar surface area (TPSA) is 117 Å². The van der Waals surface area contributed by atoms with E-state index in [9.17, 15) is 26.4 Å². The van der Waals surface area contributed by atoms with Gasteiger partial charge in [-0.15, -0.1) is 0 Å². The van der Waals surface area contributed by atoms with Crippen LogP contribution in [0.5, 0.6) is 5.75 Å². The molecule has 0 saturated carbocycles. The van der Waals surface area contributed by atoms with Crippen molar-refractivity contribution in [2.24, 2.45) is 0 Å². The Morgan fingerprint density at radius 1 is 0.974 bits per heavy atom. The molecule has 206 valence electrons. The number of nitrogens with zero attached hydrogens (tertiary/aromatic N) is 3. The number of alkyl halides is 3. The van der Waals surface area contributed by atoms with Gasteiger partial charge in [0, 0.05) is 24.7 Å². The first-order chi connectivity index (χ1) is 18.4. The van der Waals surface area contributed by atoms with Crippen LogP contribution >= 0.6 is 0 Å². The predicted molar refractivity (Wildman–Crippen MR) is 132 cm³/mol. The fourth-order valence-corrected chi connectivity index (χ4v) is 5.97. The van der Waals surface area contributed by atoms with E-state index in [1.54, 1.807) is 59.6 Å². The van der Waals surface area contributed by atoms with Gasteiger partial charge in [0.25, 0.3) is 5.91 Å². The molecule has 1 saturated heterocycles. The number of benzene rings is 2. The molecule has 13 heteroatoms. The van der Waals surface area contributed by atoms with E-state index in [-0.39, 0.29) is 23.9 Å². The molecule has 1 fully saturated rings. The molecule has 0 radical (unpaired) electrons. The van der Waals surface area contributed by atoms with Gasteiger partial charge in [0.15, 0.2) is 0 Å². The first kappa shape index (κ1) is 28.0. The quantitative estimate of drug-likeness (QED) is 0.518. The van der Waals surface area contributed by atoms with Crippen molar-refractivity contribution in [2.75, 3.05) is 19.6 Å².